The van der Waals surface area contributed by atoms with Crippen molar-refractivity contribution in [2.24, 2.45) is 0 Å². The van der Waals surface area contributed by atoms with E-state index in [1.165, 1.54) is 85.1 Å². The van der Waals surface area contributed by atoms with E-state index in [1.54, 1.807) is 0 Å². The number of aromatic nitrogens is 5. The topological polar surface area (TPSA) is 48.5 Å². The van der Waals surface area contributed by atoms with Gasteiger partial charge in [-0.2, -0.15) is 0 Å². The van der Waals surface area contributed by atoms with Crippen molar-refractivity contribution >= 4 is 101 Å². The van der Waals surface area contributed by atoms with Crippen LogP contribution in [0.5, 0.6) is 0 Å². The van der Waals surface area contributed by atoms with Crippen molar-refractivity contribution in [1.29, 1.82) is 0 Å². The Kier molecular flexibility index (Phi) is 9.31. The molecule has 0 unspecified atom stereocenters. The average molecular weight is 1000 g/mol. The molecule has 0 saturated carbocycles. The van der Waals surface area contributed by atoms with Crippen molar-refractivity contribution in [2.45, 2.75) is 0 Å². The standard InChI is InChI=1S/C69H45N5Si2/c1-6-22-46(23-7-1)67-70-68(47-40-42-61-59(44-47)73-57-36-18-16-32-53(57)55-34-20-38-63(65(55)73)75(61,49-24-8-2-9-25-49)50-26-10-3-11-27-50)72-69(71-67)48-41-43-62-60(45-48)74-58-37-19-17-33-54(58)56-35-21-39-64(66(56)74)76(62,51-28-12-4-13-29-51)52-30-14-5-15-31-52/h1-45H. The fourth-order valence-electron chi connectivity index (χ4n) is 13.5. The molecule has 0 spiro atoms. The molecule has 0 amide bonds. The summed E-state index contributed by atoms with van der Waals surface area (Å²) in [6.45, 7) is 0. The fraction of sp³-hybridized carbons (Fsp3) is 0. The van der Waals surface area contributed by atoms with Crippen LogP contribution in [0, 0.1) is 0 Å². The maximum Gasteiger partial charge on any atom is 0.184 e. The number of hydrogen-bond acceptors (Lipinski definition) is 3. The SMILES string of the molecule is c1ccc(-c2nc(-c3ccc4c(c3)-n3c5ccccc5c5cccc(c53)[Si]4(c3ccccc3)c3ccccc3)nc(-c3ccc4c(c3)-n3c5ccccc5c5cccc(c53)[Si]4(c3ccccc3)c3ccccc3)n2)cc1. The summed E-state index contributed by atoms with van der Waals surface area (Å²) in [5.74, 6) is 1.88. The zero-order valence-electron chi connectivity index (χ0n) is 41.2. The molecule has 0 radical (unpaired) electrons. The predicted molar refractivity (Wildman–Crippen MR) is 319 cm³/mol. The van der Waals surface area contributed by atoms with E-state index in [-0.39, 0.29) is 0 Å². The number of fused-ring (bicyclic) bond motifs is 10. The van der Waals surface area contributed by atoms with Gasteiger partial charge in [-0.3, -0.25) is 0 Å². The molecule has 11 aromatic carbocycles. The molecule has 2 aliphatic heterocycles. The third kappa shape index (κ3) is 5.86. The van der Waals surface area contributed by atoms with Crippen LogP contribution < -0.4 is 41.5 Å². The van der Waals surface area contributed by atoms with Gasteiger partial charge in [-0.1, -0.05) is 249 Å². The minimum Gasteiger partial charge on any atom is -0.309 e. The maximum absolute atomic E-state index is 5.57. The highest BCUT2D eigenvalue weighted by Crippen LogP contribution is 2.39. The summed E-state index contributed by atoms with van der Waals surface area (Å²) in [4.78, 5) is 16.4. The Labute approximate surface area is 441 Å². The number of hydrogen-bond donors (Lipinski definition) is 0. The van der Waals surface area contributed by atoms with Gasteiger partial charge in [-0.15, -0.1) is 0 Å². The van der Waals surface area contributed by atoms with Crippen LogP contribution in [-0.2, 0) is 0 Å². The van der Waals surface area contributed by atoms with Crippen molar-refractivity contribution < 1.29 is 0 Å². The first-order valence-corrected chi connectivity index (χ1v) is 30.1. The summed E-state index contributed by atoms with van der Waals surface area (Å²) in [6, 6.07) is 101. The molecule has 0 N–H and O–H groups in total. The predicted octanol–water partition coefficient (Wildman–Crippen LogP) is 10.4. The van der Waals surface area contributed by atoms with Crippen LogP contribution in [0.3, 0.4) is 0 Å². The third-order valence-electron chi connectivity index (χ3n) is 16.5. The lowest BCUT2D eigenvalue weighted by Crippen LogP contribution is -2.76. The molecule has 5 heterocycles. The van der Waals surface area contributed by atoms with Crippen LogP contribution in [-0.4, -0.2) is 40.2 Å². The molecule has 5 nitrogen and oxygen atoms in total. The molecule has 0 bridgehead atoms. The Morgan fingerprint density at radius 1 is 0.250 bits per heavy atom. The zero-order valence-corrected chi connectivity index (χ0v) is 43.2. The second kappa shape index (κ2) is 16.5. The lowest BCUT2D eigenvalue weighted by molar-refractivity contribution is 1.07. The Morgan fingerprint density at radius 2 is 0.579 bits per heavy atom. The molecule has 0 atom stereocenters. The van der Waals surface area contributed by atoms with E-state index in [1.807, 2.05) is 6.07 Å². The monoisotopic (exact) mass is 999 g/mol. The third-order valence-corrected chi connectivity index (χ3v) is 26.2. The Morgan fingerprint density at radius 3 is 0.974 bits per heavy atom. The first kappa shape index (κ1) is 42.9. The summed E-state index contributed by atoms with van der Waals surface area (Å²) in [6.07, 6.45) is 0. The second-order valence-corrected chi connectivity index (χ2v) is 27.7. The van der Waals surface area contributed by atoms with Crippen molar-refractivity contribution in [3.63, 3.8) is 0 Å². The van der Waals surface area contributed by atoms with Gasteiger partial charge in [0.25, 0.3) is 0 Å². The Bertz CT molecular complexity index is 4280. The van der Waals surface area contributed by atoms with E-state index < -0.39 is 16.1 Å². The summed E-state index contributed by atoms with van der Waals surface area (Å²) in [7, 11) is -5.85. The summed E-state index contributed by atoms with van der Waals surface area (Å²) in [5, 5.41) is 15.8. The molecule has 16 rings (SSSR count). The highest BCUT2D eigenvalue weighted by molar-refractivity contribution is 7.22. The summed E-state index contributed by atoms with van der Waals surface area (Å²) >= 11 is 0. The van der Waals surface area contributed by atoms with Crippen molar-refractivity contribution in [3.8, 4) is 45.5 Å². The van der Waals surface area contributed by atoms with Gasteiger partial charge >= 0.3 is 0 Å². The molecule has 3 aromatic heterocycles. The van der Waals surface area contributed by atoms with Gasteiger partial charge in [0, 0.05) is 49.6 Å². The number of benzene rings is 11. The van der Waals surface area contributed by atoms with Gasteiger partial charge in [0.05, 0.1) is 22.1 Å². The molecular weight excluding hydrogens is 955 g/mol. The van der Waals surface area contributed by atoms with Gasteiger partial charge in [-0.05, 0) is 65.8 Å². The zero-order chi connectivity index (χ0) is 50.0. The number of rotatable bonds is 7. The van der Waals surface area contributed by atoms with Crippen LogP contribution in [0.15, 0.2) is 273 Å². The van der Waals surface area contributed by atoms with Crippen LogP contribution in [0.25, 0.3) is 89.2 Å². The molecule has 76 heavy (non-hydrogen) atoms. The number of para-hydroxylation sites is 4. The highest BCUT2D eigenvalue weighted by Gasteiger charge is 2.49. The van der Waals surface area contributed by atoms with Crippen LogP contribution in [0.1, 0.15) is 0 Å². The molecule has 7 heteroatoms. The Balaban J connectivity index is 0.971. The maximum atomic E-state index is 5.57. The van der Waals surface area contributed by atoms with Crippen LogP contribution >= 0.6 is 0 Å². The molecule has 354 valence electrons. The van der Waals surface area contributed by atoms with E-state index in [4.69, 9.17) is 15.0 Å². The van der Waals surface area contributed by atoms with E-state index in [9.17, 15) is 0 Å². The quantitative estimate of drug-likeness (QED) is 0.150. The molecule has 2 aliphatic rings. The molecule has 0 fully saturated rings. The van der Waals surface area contributed by atoms with E-state index in [0.717, 1.165) is 28.1 Å². The highest BCUT2D eigenvalue weighted by atomic mass is 28.3. The fourth-order valence-corrected chi connectivity index (χ4v) is 23.7. The normalized spacial score (nSPS) is 13.7. The smallest absolute Gasteiger partial charge is 0.184 e. The van der Waals surface area contributed by atoms with Gasteiger partial charge in [0.15, 0.2) is 33.6 Å². The van der Waals surface area contributed by atoms with Crippen LogP contribution in [0.2, 0.25) is 0 Å². The van der Waals surface area contributed by atoms with Gasteiger partial charge in [-0.25, -0.2) is 15.0 Å². The second-order valence-electron chi connectivity index (χ2n) is 20.2. The first-order valence-electron chi connectivity index (χ1n) is 26.1. The van der Waals surface area contributed by atoms with Crippen molar-refractivity contribution in [1.82, 2.24) is 24.1 Å². The molecular formula is C69H45N5Si2. The lowest BCUT2D eigenvalue weighted by Gasteiger charge is -2.40. The van der Waals surface area contributed by atoms with Gasteiger partial charge in [0.2, 0.25) is 0 Å². The minimum absolute atomic E-state index is 0.624. The average Bonchev–Trinajstić information content (AvgIpc) is 4.12. The van der Waals surface area contributed by atoms with Crippen molar-refractivity contribution in [2.75, 3.05) is 0 Å². The number of nitrogens with zero attached hydrogens (tertiary/aromatic N) is 5. The van der Waals surface area contributed by atoms with Crippen LogP contribution in [0.4, 0.5) is 0 Å². The summed E-state index contributed by atoms with van der Waals surface area (Å²) in [5.41, 5.74) is 10.00. The van der Waals surface area contributed by atoms with E-state index in [2.05, 4.69) is 276 Å². The minimum atomic E-state index is -2.93. The molecule has 0 aliphatic carbocycles. The lowest BCUT2D eigenvalue weighted by atomic mass is 10.1. The van der Waals surface area contributed by atoms with Gasteiger partial charge < -0.3 is 9.13 Å². The van der Waals surface area contributed by atoms with E-state index >= 15 is 0 Å². The van der Waals surface area contributed by atoms with E-state index in [0.29, 0.717) is 17.5 Å². The largest absolute Gasteiger partial charge is 0.309 e. The Hall–Kier alpha value is -9.54. The first-order chi connectivity index (χ1) is 37.7. The van der Waals surface area contributed by atoms with Crippen molar-refractivity contribution in [3.05, 3.63) is 273 Å². The van der Waals surface area contributed by atoms with Gasteiger partial charge in [0.1, 0.15) is 0 Å². The molecule has 14 aromatic rings. The molecule has 0 saturated heterocycles. The summed E-state index contributed by atoms with van der Waals surface area (Å²) < 4.78 is 5.05.